The topological polar surface area (TPSA) is 67.9 Å². The summed E-state index contributed by atoms with van der Waals surface area (Å²) in [6.07, 6.45) is 5.73. The molecule has 0 aromatic heterocycles. The van der Waals surface area contributed by atoms with Crippen LogP contribution in [0.4, 0.5) is 14.5 Å². The Morgan fingerprint density at radius 3 is 2.58 bits per heavy atom. The Hall–Kier alpha value is -3.26. The van der Waals surface area contributed by atoms with Crippen molar-refractivity contribution in [3.05, 3.63) is 59.7 Å². The van der Waals surface area contributed by atoms with Crippen molar-refractivity contribution < 1.29 is 27.8 Å². The summed E-state index contributed by atoms with van der Waals surface area (Å²) in [7, 11) is 0. The van der Waals surface area contributed by atoms with Gasteiger partial charge in [-0.05, 0) is 66.5 Å². The van der Waals surface area contributed by atoms with Gasteiger partial charge in [0.2, 0.25) is 12.7 Å². The van der Waals surface area contributed by atoms with Crippen LogP contribution in [0.2, 0.25) is 0 Å². The first-order valence-electron chi connectivity index (χ1n) is 13.4. The zero-order chi connectivity index (χ0) is 26.4. The molecular weight excluding hydrogens is 490 g/mol. The first-order valence-corrected chi connectivity index (χ1v) is 13.4. The predicted octanol–water partition coefficient (Wildman–Crippen LogP) is 5.63. The first kappa shape index (κ1) is 25.0. The van der Waals surface area contributed by atoms with Crippen molar-refractivity contribution in [2.24, 2.45) is 17.8 Å². The number of halogens is 2. The predicted molar refractivity (Wildman–Crippen MR) is 139 cm³/mol. The molecule has 2 heterocycles. The van der Waals surface area contributed by atoms with Crippen LogP contribution >= 0.6 is 0 Å². The number of alkyl halides is 2. The van der Waals surface area contributed by atoms with Crippen LogP contribution in [-0.4, -0.2) is 42.5 Å². The lowest BCUT2D eigenvalue weighted by molar-refractivity contribution is -0.124. The molecule has 1 saturated heterocycles. The lowest BCUT2D eigenvalue weighted by atomic mass is 9.89. The van der Waals surface area contributed by atoms with Gasteiger partial charge in [-0.25, -0.2) is 8.78 Å². The van der Waals surface area contributed by atoms with Gasteiger partial charge in [0.1, 0.15) is 5.78 Å². The van der Waals surface area contributed by atoms with Crippen molar-refractivity contribution in [3.63, 3.8) is 0 Å². The fourth-order valence-electron chi connectivity index (χ4n) is 6.34. The first-order chi connectivity index (χ1) is 18.3. The van der Waals surface area contributed by atoms with Crippen molar-refractivity contribution in [1.82, 2.24) is 4.90 Å². The molecular formula is C30H32F2N2O4. The van der Waals surface area contributed by atoms with E-state index in [0.717, 1.165) is 50.8 Å². The summed E-state index contributed by atoms with van der Waals surface area (Å²) >= 11 is 0. The van der Waals surface area contributed by atoms with Crippen molar-refractivity contribution in [1.29, 1.82) is 0 Å². The third-order valence-corrected chi connectivity index (χ3v) is 8.49. The number of Topliss-reactive ketones (excluding diaryl/α,β-unsaturated/α-hetero) is 1. The molecule has 4 aliphatic rings. The highest BCUT2D eigenvalue weighted by Gasteiger charge is 2.59. The van der Waals surface area contributed by atoms with Gasteiger partial charge in [-0.2, -0.15) is 0 Å². The Labute approximate surface area is 221 Å². The molecule has 0 spiro atoms. The number of ketones is 1. The molecule has 2 fully saturated rings. The molecule has 2 aliphatic heterocycles. The van der Waals surface area contributed by atoms with E-state index in [2.05, 4.69) is 28.4 Å². The zero-order valence-corrected chi connectivity index (χ0v) is 21.4. The highest BCUT2D eigenvalue weighted by atomic mass is 19.3. The van der Waals surface area contributed by atoms with Crippen LogP contribution in [0.5, 0.6) is 11.5 Å². The zero-order valence-electron chi connectivity index (χ0n) is 21.4. The largest absolute Gasteiger partial charge is 0.454 e. The van der Waals surface area contributed by atoms with Gasteiger partial charge < -0.3 is 14.8 Å². The number of nitrogens with one attached hydrogen (secondary N) is 1. The molecule has 2 unspecified atom stereocenters. The molecule has 8 heteroatoms. The van der Waals surface area contributed by atoms with Crippen LogP contribution in [0.1, 0.15) is 50.2 Å². The van der Waals surface area contributed by atoms with Crippen LogP contribution in [0.25, 0.3) is 5.57 Å². The number of amides is 1. The van der Waals surface area contributed by atoms with Gasteiger partial charge in [0.05, 0.1) is 0 Å². The maximum atomic E-state index is 13.5. The van der Waals surface area contributed by atoms with E-state index in [1.807, 2.05) is 6.07 Å². The minimum atomic E-state index is -2.97. The Morgan fingerprint density at radius 2 is 1.84 bits per heavy atom. The molecule has 0 radical (unpaired) electrons. The van der Waals surface area contributed by atoms with E-state index in [4.69, 9.17) is 9.47 Å². The van der Waals surface area contributed by atoms with Gasteiger partial charge in [-0.15, -0.1) is 0 Å². The molecule has 2 aromatic carbocycles. The number of nitrogens with zero attached hydrogens (tertiary/aromatic N) is 1. The van der Waals surface area contributed by atoms with E-state index in [9.17, 15) is 18.4 Å². The Morgan fingerprint density at radius 1 is 1.05 bits per heavy atom. The number of fused-ring (bicyclic) bond motifs is 2. The summed E-state index contributed by atoms with van der Waals surface area (Å²) in [5, 5.41) is 2.65. The summed E-state index contributed by atoms with van der Waals surface area (Å²) < 4.78 is 38.0. The number of hydrogen-bond donors (Lipinski definition) is 1. The molecule has 4 atom stereocenters. The van der Waals surface area contributed by atoms with E-state index in [1.165, 1.54) is 29.3 Å². The molecule has 1 amide bonds. The second-order valence-electron chi connectivity index (χ2n) is 11.0. The summed E-state index contributed by atoms with van der Waals surface area (Å²) in [5.74, 6) is -0.678. The highest BCUT2D eigenvalue weighted by Crippen LogP contribution is 2.54. The Kier molecular flexibility index (Phi) is 6.46. The fraction of sp³-hybridized carbons (Fsp3) is 0.467. The number of carbonyl (C=O) groups excluding carboxylic acids is 2. The smallest absolute Gasteiger partial charge is 0.270 e. The Balaban J connectivity index is 0.949. The molecule has 1 saturated carbocycles. The lowest BCUT2D eigenvalue weighted by Crippen LogP contribution is -2.37. The SMILES string of the molecule is CC(F)(F)c1cccc(NC(=O)CCC(=O)C2[C@H]3CN(C4CC=C(c5ccc6c(c5)OCO6)CC4)C[C@@H]23)c1. The minimum absolute atomic E-state index is 0.0597. The van der Waals surface area contributed by atoms with Crippen LogP contribution < -0.4 is 14.8 Å². The maximum Gasteiger partial charge on any atom is 0.270 e. The van der Waals surface area contributed by atoms with Gasteiger partial charge in [0, 0.05) is 56.1 Å². The van der Waals surface area contributed by atoms with Crippen LogP contribution in [-0.2, 0) is 15.5 Å². The number of piperidine rings is 1. The number of hydrogen-bond acceptors (Lipinski definition) is 5. The average molecular weight is 523 g/mol. The van der Waals surface area contributed by atoms with Gasteiger partial charge in [-0.1, -0.05) is 24.3 Å². The van der Waals surface area contributed by atoms with E-state index in [-0.39, 0.29) is 42.8 Å². The fourth-order valence-corrected chi connectivity index (χ4v) is 6.34. The lowest BCUT2D eigenvalue weighted by Gasteiger charge is -2.32. The van der Waals surface area contributed by atoms with Crippen LogP contribution in [0.15, 0.2) is 48.5 Å². The summed E-state index contributed by atoms with van der Waals surface area (Å²) in [6.45, 7) is 3.00. The third kappa shape index (κ3) is 5.06. The molecule has 1 N–H and O–H groups in total. The molecule has 200 valence electrons. The maximum absolute atomic E-state index is 13.5. The van der Waals surface area contributed by atoms with Crippen molar-refractivity contribution in [2.45, 2.75) is 51.0 Å². The number of carbonyl (C=O) groups is 2. The number of benzene rings is 2. The number of rotatable bonds is 8. The van der Waals surface area contributed by atoms with Crippen molar-refractivity contribution in [2.75, 3.05) is 25.2 Å². The number of allylic oxidation sites excluding steroid dienone is 1. The van der Waals surface area contributed by atoms with E-state index < -0.39 is 5.92 Å². The van der Waals surface area contributed by atoms with E-state index in [0.29, 0.717) is 23.6 Å². The van der Waals surface area contributed by atoms with Crippen molar-refractivity contribution >= 4 is 23.0 Å². The minimum Gasteiger partial charge on any atom is -0.454 e. The number of anilines is 1. The molecule has 6 rings (SSSR count). The summed E-state index contributed by atoms with van der Waals surface area (Å²) in [5.41, 5.74) is 2.72. The van der Waals surface area contributed by atoms with E-state index in [1.54, 1.807) is 6.07 Å². The second-order valence-corrected chi connectivity index (χ2v) is 11.0. The molecule has 2 aromatic rings. The van der Waals surface area contributed by atoms with Crippen molar-refractivity contribution in [3.8, 4) is 11.5 Å². The quantitative estimate of drug-likeness (QED) is 0.487. The average Bonchev–Trinajstić information content (AvgIpc) is 3.22. The van der Waals surface area contributed by atoms with E-state index >= 15 is 0 Å². The van der Waals surface area contributed by atoms with Gasteiger partial charge in [-0.3, -0.25) is 14.5 Å². The molecule has 0 bridgehead atoms. The van der Waals surface area contributed by atoms with Gasteiger partial charge in [0.15, 0.2) is 11.5 Å². The molecule has 38 heavy (non-hydrogen) atoms. The second kappa shape index (κ2) is 9.80. The Bertz CT molecular complexity index is 1280. The monoisotopic (exact) mass is 522 g/mol. The normalized spacial score (nSPS) is 26.0. The summed E-state index contributed by atoms with van der Waals surface area (Å²) in [6, 6.07) is 12.3. The standard InChI is InChI=1S/C30H32F2N2O4/c1-30(31,32)20-3-2-4-21(14-20)33-28(36)12-10-25(35)29-23-15-34(16-24(23)29)22-8-5-18(6-9-22)19-7-11-26-27(13-19)38-17-37-26/h2-5,7,11,13-14,22-24,29H,6,8-10,12,15-17H2,1H3,(H,33,36)/t22?,23-,24+,29?. The number of likely N-dealkylation sites (tertiary alicyclic amines) is 1. The third-order valence-electron chi connectivity index (χ3n) is 8.49. The summed E-state index contributed by atoms with van der Waals surface area (Å²) in [4.78, 5) is 27.7. The van der Waals surface area contributed by atoms with Crippen LogP contribution in [0, 0.1) is 17.8 Å². The number of ether oxygens (including phenoxy) is 2. The molecule has 6 nitrogen and oxygen atoms in total. The molecule has 2 aliphatic carbocycles. The highest BCUT2D eigenvalue weighted by molar-refractivity contribution is 5.94. The van der Waals surface area contributed by atoms with Gasteiger partial charge >= 0.3 is 0 Å². The van der Waals surface area contributed by atoms with Gasteiger partial charge in [0.25, 0.3) is 5.92 Å². The van der Waals surface area contributed by atoms with Crippen LogP contribution in [0.3, 0.4) is 0 Å².